The van der Waals surface area contributed by atoms with Crippen LogP contribution in [0.3, 0.4) is 0 Å². The lowest BCUT2D eigenvalue weighted by molar-refractivity contribution is 0.734. The van der Waals surface area contributed by atoms with Gasteiger partial charge in [0.25, 0.3) is 0 Å². The molecule has 1 atom stereocenters. The van der Waals surface area contributed by atoms with Crippen LogP contribution >= 0.6 is 11.3 Å². The van der Waals surface area contributed by atoms with Crippen LogP contribution in [0.25, 0.3) is 11.3 Å². The molecule has 2 N–H and O–H groups in total. The number of nitrogens with two attached hydrogens (primary N) is 1. The number of rotatable bonds is 3. The minimum atomic E-state index is 0.174. The number of aryl methyl sites for hydroxylation is 2. The lowest BCUT2D eigenvalue weighted by atomic mass is 10.0. The molecule has 1 aromatic heterocycles. The molecule has 0 radical (unpaired) electrons. The first kappa shape index (κ1) is 12.3. The maximum absolute atomic E-state index is 5.79. The van der Waals surface area contributed by atoms with E-state index >= 15 is 0 Å². The predicted octanol–water partition coefficient (Wildman–Crippen LogP) is 3.32. The predicted molar refractivity (Wildman–Crippen MR) is 74.4 cm³/mol. The molecular weight excluding hydrogens is 228 g/mol. The summed E-state index contributed by atoms with van der Waals surface area (Å²) < 4.78 is 0. The Hall–Kier alpha value is -1.19. The van der Waals surface area contributed by atoms with Gasteiger partial charge in [0.05, 0.1) is 10.7 Å². The average Bonchev–Trinajstić information content (AvgIpc) is 2.65. The molecule has 2 rings (SSSR count). The smallest absolute Gasteiger partial charge is 0.0947 e. The summed E-state index contributed by atoms with van der Waals surface area (Å²) in [5, 5.41) is 3.24. The van der Waals surface area contributed by atoms with Crippen LogP contribution in [0.5, 0.6) is 0 Å². The summed E-state index contributed by atoms with van der Waals surface area (Å²) in [7, 11) is 0. The van der Waals surface area contributed by atoms with E-state index in [1.165, 1.54) is 16.7 Å². The van der Waals surface area contributed by atoms with Gasteiger partial charge in [0, 0.05) is 23.4 Å². The number of nitrogens with zero attached hydrogens (tertiary/aromatic N) is 1. The average molecular weight is 246 g/mol. The van der Waals surface area contributed by atoms with Crippen molar-refractivity contribution in [2.75, 3.05) is 0 Å². The van der Waals surface area contributed by atoms with E-state index in [2.05, 4.69) is 42.4 Å². The van der Waals surface area contributed by atoms with E-state index in [1.54, 1.807) is 11.3 Å². The molecular formula is C14H18N2S. The van der Waals surface area contributed by atoms with Gasteiger partial charge in [0.15, 0.2) is 0 Å². The van der Waals surface area contributed by atoms with E-state index in [-0.39, 0.29) is 6.04 Å². The SMILES string of the molecule is Cc1ccc(-c2csc(CC(C)N)n2)c(C)c1. The summed E-state index contributed by atoms with van der Waals surface area (Å²) in [5.41, 5.74) is 10.7. The Morgan fingerprint density at radius 3 is 2.76 bits per heavy atom. The van der Waals surface area contributed by atoms with Crippen LogP contribution in [0, 0.1) is 13.8 Å². The van der Waals surface area contributed by atoms with Gasteiger partial charge in [-0.2, -0.15) is 0 Å². The van der Waals surface area contributed by atoms with Gasteiger partial charge in [-0.3, -0.25) is 0 Å². The Bertz CT molecular complexity index is 515. The minimum Gasteiger partial charge on any atom is -0.328 e. The normalized spacial score (nSPS) is 12.7. The van der Waals surface area contributed by atoms with Crippen LogP contribution in [0.15, 0.2) is 23.6 Å². The Kier molecular flexibility index (Phi) is 3.60. The van der Waals surface area contributed by atoms with Gasteiger partial charge in [-0.25, -0.2) is 4.98 Å². The van der Waals surface area contributed by atoms with E-state index in [4.69, 9.17) is 5.73 Å². The van der Waals surface area contributed by atoms with Crippen molar-refractivity contribution in [1.29, 1.82) is 0 Å². The summed E-state index contributed by atoms with van der Waals surface area (Å²) in [6, 6.07) is 6.65. The quantitative estimate of drug-likeness (QED) is 0.902. The third-order valence-corrected chi connectivity index (χ3v) is 3.58. The lowest BCUT2D eigenvalue weighted by Gasteiger charge is -2.04. The minimum absolute atomic E-state index is 0.174. The third-order valence-electron chi connectivity index (χ3n) is 2.71. The summed E-state index contributed by atoms with van der Waals surface area (Å²) in [6.07, 6.45) is 0.857. The molecule has 2 aromatic rings. The van der Waals surface area contributed by atoms with E-state index in [1.807, 2.05) is 6.92 Å². The molecule has 0 amide bonds. The van der Waals surface area contributed by atoms with Gasteiger partial charge < -0.3 is 5.73 Å². The fraction of sp³-hybridized carbons (Fsp3) is 0.357. The first-order valence-corrected chi connectivity index (χ1v) is 6.72. The highest BCUT2D eigenvalue weighted by Crippen LogP contribution is 2.26. The molecule has 1 aromatic carbocycles. The van der Waals surface area contributed by atoms with E-state index in [0.29, 0.717) is 0 Å². The molecule has 0 aliphatic carbocycles. The Morgan fingerprint density at radius 2 is 2.12 bits per heavy atom. The van der Waals surface area contributed by atoms with Gasteiger partial charge in [-0.05, 0) is 26.3 Å². The monoisotopic (exact) mass is 246 g/mol. The largest absolute Gasteiger partial charge is 0.328 e. The molecule has 90 valence electrons. The molecule has 3 heteroatoms. The van der Waals surface area contributed by atoms with Crippen LogP contribution in [0.4, 0.5) is 0 Å². The van der Waals surface area contributed by atoms with E-state index in [9.17, 15) is 0 Å². The van der Waals surface area contributed by atoms with Crippen molar-refractivity contribution in [1.82, 2.24) is 4.98 Å². The fourth-order valence-corrected chi connectivity index (χ4v) is 2.84. The topological polar surface area (TPSA) is 38.9 Å². The number of hydrogen-bond donors (Lipinski definition) is 1. The number of hydrogen-bond acceptors (Lipinski definition) is 3. The third kappa shape index (κ3) is 2.93. The number of thiazole rings is 1. The van der Waals surface area contributed by atoms with Crippen molar-refractivity contribution in [3.8, 4) is 11.3 Å². The van der Waals surface area contributed by atoms with E-state index < -0.39 is 0 Å². The summed E-state index contributed by atoms with van der Waals surface area (Å²) in [5.74, 6) is 0. The van der Waals surface area contributed by atoms with Crippen molar-refractivity contribution < 1.29 is 0 Å². The van der Waals surface area contributed by atoms with Crippen LogP contribution in [-0.2, 0) is 6.42 Å². The van der Waals surface area contributed by atoms with Crippen molar-refractivity contribution in [3.05, 3.63) is 39.7 Å². The van der Waals surface area contributed by atoms with Gasteiger partial charge in [0.1, 0.15) is 0 Å². The lowest BCUT2D eigenvalue weighted by Crippen LogP contribution is -2.17. The van der Waals surface area contributed by atoms with Crippen LogP contribution in [-0.4, -0.2) is 11.0 Å². The maximum Gasteiger partial charge on any atom is 0.0947 e. The first-order valence-electron chi connectivity index (χ1n) is 5.84. The second-order valence-corrected chi connectivity index (χ2v) is 5.57. The zero-order chi connectivity index (χ0) is 12.4. The van der Waals surface area contributed by atoms with Crippen molar-refractivity contribution in [2.45, 2.75) is 33.2 Å². The Morgan fingerprint density at radius 1 is 1.35 bits per heavy atom. The summed E-state index contributed by atoms with van der Waals surface area (Å²) in [6.45, 7) is 6.25. The Balaban J connectivity index is 2.30. The second-order valence-electron chi connectivity index (χ2n) is 4.63. The van der Waals surface area contributed by atoms with Gasteiger partial charge in [-0.1, -0.05) is 23.8 Å². The van der Waals surface area contributed by atoms with Gasteiger partial charge in [-0.15, -0.1) is 11.3 Å². The maximum atomic E-state index is 5.79. The highest BCUT2D eigenvalue weighted by Gasteiger charge is 2.08. The highest BCUT2D eigenvalue weighted by atomic mass is 32.1. The molecule has 0 saturated carbocycles. The molecule has 1 unspecified atom stereocenters. The van der Waals surface area contributed by atoms with Crippen molar-refractivity contribution in [3.63, 3.8) is 0 Å². The molecule has 0 aliphatic rings. The van der Waals surface area contributed by atoms with Gasteiger partial charge in [0.2, 0.25) is 0 Å². The van der Waals surface area contributed by atoms with E-state index in [0.717, 1.165) is 17.1 Å². The molecule has 0 saturated heterocycles. The van der Waals surface area contributed by atoms with Crippen molar-refractivity contribution in [2.24, 2.45) is 5.73 Å². The molecule has 0 bridgehead atoms. The van der Waals surface area contributed by atoms with Crippen LogP contribution < -0.4 is 5.73 Å². The molecule has 0 spiro atoms. The molecule has 1 heterocycles. The Labute approximate surface area is 107 Å². The van der Waals surface area contributed by atoms with Gasteiger partial charge >= 0.3 is 0 Å². The molecule has 2 nitrogen and oxygen atoms in total. The zero-order valence-corrected chi connectivity index (χ0v) is 11.3. The van der Waals surface area contributed by atoms with Crippen LogP contribution in [0.2, 0.25) is 0 Å². The number of benzene rings is 1. The van der Waals surface area contributed by atoms with Crippen molar-refractivity contribution >= 4 is 11.3 Å². The summed E-state index contributed by atoms with van der Waals surface area (Å²) >= 11 is 1.69. The fourth-order valence-electron chi connectivity index (χ4n) is 1.90. The highest BCUT2D eigenvalue weighted by molar-refractivity contribution is 7.09. The van der Waals surface area contributed by atoms with Crippen LogP contribution in [0.1, 0.15) is 23.1 Å². The molecule has 0 fully saturated rings. The first-order chi connectivity index (χ1) is 8.06. The number of aromatic nitrogens is 1. The standard InChI is InChI=1S/C14H18N2S/c1-9-4-5-12(10(2)6-9)13-8-17-14(16-13)7-11(3)15/h4-6,8,11H,7,15H2,1-3H3. The summed E-state index contributed by atoms with van der Waals surface area (Å²) in [4.78, 5) is 4.65. The zero-order valence-electron chi connectivity index (χ0n) is 10.5. The molecule has 17 heavy (non-hydrogen) atoms. The molecule has 0 aliphatic heterocycles. The second kappa shape index (κ2) is 4.98.